The van der Waals surface area contributed by atoms with Gasteiger partial charge in [-0.3, -0.25) is 4.90 Å². The second-order valence-corrected chi connectivity index (χ2v) is 8.84. The molecule has 37 heavy (non-hydrogen) atoms. The molecule has 0 fully saturated rings. The second kappa shape index (κ2) is 9.20. The number of aromatic nitrogens is 6. The van der Waals surface area contributed by atoms with Gasteiger partial charge in [0.2, 0.25) is 0 Å². The third kappa shape index (κ3) is 4.82. The van der Waals surface area contributed by atoms with Crippen molar-refractivity contribution < 1.29 is 13.2 Å². The zero-order valence-corrected chi connectivity index (χ0v) is 20.7. The van der Waals surface area contributed by atoms with E-state index in [0.717, 1.165) is 38.8 Å². The molecule has 0 bridgehead atoms. The number of alkyl halides is 3. The van der Waals surface area contributed by atoms with Gasteiger partial charge in [-0.15, -0.1) is 0 Å². The summed E-state index contributed by atoms with van der Waals surface area (Å²) in [5.41, 5.74) is 3.89. The van der Waals surface area contributed by atoms with Crippen LogP contribution in [0.25, 0.3) is 11.6 Å². The van der Waals surface area contributed by atoms with Crippen LogP contribution in [0.4, 0.5) is 30.5 Å². The largest absolute Gasteiger partial charge is 0.435 e. The quantitative estimate of drug-likeness (QED) is 0.271. The molecule has 4 heterocycles. The van der Waals surface area contributed by atoms with E-state index < -0.39 is 11.9 Å². The van der Waals surface area contributed by atoms with E-state index in [1.54, 1.807) is 22.9 Å². The number of pyridine rings is 2. The summed E-state index contributed by atoms with van der Waals surface area (Å²) >= 11 is 0. The maximum absolute atomic E-state index is 13.1. The average molecular weight is 504 g/mol. The number of aryl methyl sites for hydroxylation is 4. The Hall–Kier alpha value is -4.47. The molecule has 4 aromatic heterocycles. The molecule has 0 unspecified atom stereocenters. The van der Waals surface area contributed by atoms with E-state index >= 15 is 0 Å². The Kier molecular flexibility index (Phi) is 6.02. The summed E-state index contributed by atoms with van der Waals surface area (Å²) < 4.78 is 42.3. The fraction of sp³-hybridized carbons (Fsp3) is 0.185. The number of hydrogen-bond acceptors (Lipinski definition) is 5. The molecule has 0 saturated heterocycles. The Morgan fingerprint density at radius 2 is 1.24 bits per heavy atom. The highest BCUT2D eigenvalue weighted by atomic mass is 19.4. The summed E-state index contributed by atoms with van der Waals surface area (Å²) in [6.45, 7) is 7.95. The molecule has 5 aromatic rings. The fourth-order valence-corrected chi connectivity index (χ4v) is 4.35. The Balaban J connectivity index is 1.67. The molecule has 0 radical (unpaired) electrons. The van der Waals surface area contributed by atoms with Crippen molar-refractivity contribution in [1.82, 2.24) is 29.5 Å². The van der Waals surface area contributed by atoms with Crippen LogP contribution in [-0.4, -0.2) is 29.5 Å². The first-order valence-electron chi connectivity index (χ1n) is 11.6. The number of halogens is 3. The van der Waals surface area contributed by atoms with Gasteiger partial charge in [0.1, 0.15) is 11.6 Å². The summed E-state index contributed by atoms with van der Waals surface area (Å²) in [6.07, 6.45) is -1.45. The molecule has 0 aliphatic rings. The van der Waals surface area contributed by atoms with Crippen LogP contribution in [0, 0.1) is 27.7 Å². The number of hydrogen-bond donors (Lipinski definition) is 0. The molecule has 5 rings (SSSR count). The Morgan fingerprint density at radius 3 is 1.73 bits per heavy atom. The van der Waals surface area contributed by atoms with E-state index in [1.807, 2.05) is 63.1 Å². The van der Waals surface area contributed by atoms with E-state index in [-0.39, 0.29) is 5.82 Å². The molecule has 10 heteroatoms. The van der Waals surface area contributed by atoms with Crippen LogP contribution >= 0.6 is 0 Å². The first kappa shape index (κ1) is 24.2. The van der Waals surface area contributed by atoms with Gasteiger partial charge in [0.15, 0.2) is 17.3 Å². The van der Waals surface area contributed by atoms with Crippen LogP contribution in [0.15, 0.2) is 73.1 Å². The second-order valence-electron chi connectivity index (χ2n) is 8.84. The number of benzene rings is 1. The molecular formula is C27H24F3N7. The van der Waals surface area contributed by atoms with Crippen LogP contribution in [0.5, 0.6) is 0 Å². The molecule has 1 aromatic carbocycles. The predicted molar refractivity (Wildman–Crippen MR) is 135 cm³/mol. The van der Waals surface area contributed by atoms with E-state index in [1.165, 1.54) is 6.20 Å². The Morgan fingerprint density at radius 1 is 0.703 bits per heavy atom. The molecule has 0 atom stereocenters. The maximum atomic E-state index is 13.1. The normalized spacial score (nSPS) is 11.6. The molecule has 0 spiro atoms. The summed E-state index contributed by atoms with van der Waals surface area (Å²) in [5.74, 6) is 1.94. The monoisotopic (exact) mass is 503 g/mol. The Bertz CT molecular complexity index is 1560. The zero-order valence-electron chi connectivity index (χ0n) is 20.7. The van der Waals surface area contributed by atoms with Crippen molar-refractivity contribution in [1.29, 1.82) is 0 Å². The number of nitrogens with zero attached hydrogens (tertiary/aromatic N) is 7. The lowest BCUT2D eigenvalue weighted by molar-refractivity contribution is -0.141. The van der Waals surface area contributed by atoms with Gasteiger partial charge in [-0.1, -0.05) is 29.8 Å². The maximum Gasteiger partial charge on any atom is 0.435 e. The molecule has 0 saturated carbocycles. The summed E-state index contributed by atoms with van der Waals surface area (Å²) in [6, 6.07) is 17.7. The lowest BCUT2D eigenvalue weighted by Gasteiger charge is -2.27. The molecule has 0 aliphatic heterocycles. The van der Waals surface area contributed by atoms with Crippen LogP contribution in [0.1, 0.15) is 28.1 Å². The van der Waals surface area contributed by atoms with Crippen molar-refractivity contribution in [3.8, 4) is 11.6 Å². The van der Waals surface area contributed by atoms with Gasteiger partial charge in [-0.25, -0.2) is 19.3 Å². The molecule has 0 N–H and O–H groups in total. The highest BCUT2D eigenvalue weighted by Gasteiger charge is 2.33. The Labute approximate surface area is 211 Å². The standard InChI is InChI=1S/C27H24F3N7/c1-17-15-18(2)26(19(3)16-17)37(24-9-5-7-22(31-24)35-13-11-20(4)33-35)25-10-6-8-23(32-25)36-14-12-21(34-36)27(28,29)30/h5-16H,1-4H3. The molecule has 0 aliphatic carbocycles. The van der Waals surface area contributed by atoms with Crippen molar-refractivity contribution >= 4 is 17.3 Å². The van der Waals surface area contributed by atoms with Gasteiger partial charge in [0.05, 0.1) is 11.4 Å². The minimum Gasteiger partial charge on any atom is -0.278 e. The minimum atomic E-state index is -4.54. The van der Waals surface area contributed by atoms with Crippen molar-refractivity contribution in [3.63, 3.8) is 0 Å². The lowest BCUT2D eigenvalue weighted by atomic mass is 10.0. The minimum absolute atomic E-state index is 0.249. The molecule has 188 valence electrons. The molecular weight excluding hydrogens is 479 g/mol. The van der Waals surface area contributed by atoms with Gasteiger partial charge in [0, 0.05) is 12.4 Å². The molecule has 0 amide bonds. The van der Waals surface area contributed by atoms with E-state index in [4.69, 9.17) is 9.97 Å². The van der Waals surface area contributed by atoms with Gasteiger partial charge < -0.3 is 0 Å². The van der Waals surface area contributed by atoms with Crippen LogP contribution in [-0.2, 0) is 6.18 Å². The summed E-state index contributed by atoms with van der Waals surface area (Å²) in [5, 5.41) is 8.15. The van der Waals surface area contributed by atoms with Gasteiger partial charge in [-0.2, -0.15) is 23.4 Å². The third-order valence-electron chi connectivity index (χ3n) is 5.83. The molecule has 7 nitrogen and oxygen atoms in total. The smallest absolute Gasteiger partial charge is 0.278 e. The zero-order chi connectivity index (χ0) is 26.3. The first-order chi connectivity index (χ1) is 17.6. The highest BCUT2D eigenvalue weighted by Crippen LogP contribution is 2.38. The van der Waals surface area contributed by atoms with Crippen molar-refractivity contribution in [2.45, 2.75) is 33.9 Å². The van der Waals surface area contributed by atoms with Crippen LogP contribution < -0.4 is 4.90 Å². The van der Waals surface area contributed by atoms with Gasteiger partial charge in [0.25, 0.3) is 0 Å². The summed E-state index contributed by atoms with van der Waals surface area (Å²) in [7, 11) is 0. The van der Waals surface area contributed by atoms with Gasteiger partial charge >= 0.3 is 6.18 Å². The van der Waals surface area contributed by atoms with Crippen molar-refractivity contribution in [2.24, 2.45) is 0 Å². The third-order valence-corrected chi connectivity index (χ3v) is 5.83. The van der Waals surface area contributed by atoms with E-state index in [9.17, 15) is 13.2 Å². The predicted octanol–water partition coefficient (Wildman–Crippen LogP) is 6.57. The van der Waals surface area contributed by atoms with Crippen molar-refractivity contribution in [2.75, 3.05) is 4.90 Å². The number of anilines is 3. The number of rotatable bonds is 5. The van der Waals surface area contributed by atoms with Crippen LogP contribution in [0.2, 0.25) is 0 Å². The summed E-state index contributed by atoms with van der Waals surface area (Å²) in [4.78, 5) is 11.5. The van der Waals surface area contributed by atoms with E-state index in [0.29, 0.717) is 17.5 Å². The highest BCUT2D eigenvalue weighted by molar-refractivity contribution is 5.77. The lowest BCUT2D eigenvalue weighted by Crippen LogP contribution is -2.17. The first-order valence-corrected chi connectivity index (χ1v) is 11.6. The van der Waals surface area contributed by atoms with Crippen molar-refractivity contribution in [3.05, 3.63) is 101 Å². The SMILES string of the molecule is Cc1cc(C)c(N(c2cccc(-n3ccc(C)n3)n2)c2cccc(-n3ccc(C(F)(F)F)n3)n2)c(C)c1. The average Bonchev–Trinajstić information content (AvgIpc) is 3.51. The topological polar surface area (TPSA) is 64.7 Å². The van der Waals surface area contributed by atoms with Crippen LogP contribution in [0.3, 0.4) is 0 Å². The van der Waals surface area contributed by atoms with E-state index in [2.05, 4.69) is 22.3 Å². The van der Waals surface area contributed by atoms with Gasteiger partial charge in [-0.05, 0) is 75.2 Å². The fourth-order valence-electron chi connectivity index (χ4n) is 4.35.